The molecule has 1 aliphatic rings. The van der Waals surface area contributed by atoms with E-state index in [2.05, 4.69) is 28.1 Å². The van der Waals surface area contributed by atoms with Crippen LogP contribution in [0.3, 0.4) is 0 Å². The highest BCUT2D eigenvalue weighted by molar-refractivity contribution is 6.13. The van der Waals surface area contributed by atoms with E-state index < -0.39 is 5.41 Å². The summed E-state index contributed by atoms with van der Waals surface area (Å²) in [5.41, 5.74) is 1.53. The van der Waals surface area contributed by atoms with E-state index in [1.54, 1.807) is 24.3 Å². The summed E-state index contributed by atoms with van der Waals surface area (Å²) in [4.78, 5) is 36.2. The number of aryl methyl sites for hydroxylation is 1. The number of nitrogens with one attached hydrogen (secondary N) is 3. The van der Waals surface area contributed by atoms with E-state index in [1.165, 1.54) is 12.5 Å². The van der Waals surface area contributed by atoms with Crippen LogP contribution >= 0.6 is 0 Å². The average Bonchev–Trinajstić information content (AvgIpc) is 3.49. The molecule has 2 aromatic carbocycles. The molecule has 3 rings (SSSR count). The summed E-state index contributed by atoms with van der Waals surface area (Å²) in [5, 5.41) is 8.39. The molecular weight excluding hydrogens is 354 g/mol. The minimum Gasteiger partial charge on any atom is -0.355 e. The first-order valence-corrected chi connectivity index (χ1v) is 9.51. The Bertz CT molecular complexity index is 843. The van der Waals surface area contributed by atoms with Crippen LogP contribution < -0.4 is 16.0 Å². The monoisotopic (exact) mass is 379 g/mol. The zero-order chi connectivity index (χ0) is 20.0. The maximum atomic E-state index is 12.6. The summed E-state index contributed by atoms with van der Waals surface area (Å²) in [5.74, 6) is -0.633. The van der Waals surface area contributed by atoms with Crippen LogP contribution in [0.4, 0.5) is 11.4 Å². The fourth-order valence-corrected chi connectivity index (χ4v) is 3.08. The zero-order valence-corrected chi connectivity index (χ0v) is 16.0. The molecule has 0 heterocycles. The Morgan fingerprint density at radius 1 is 0.857 bits per heavy atom. The number of benzene rings is 2. The van der Waals surface area contributed by atoms with Gasteiger partial charge in [-0.05, 0) is 55.5 Å². The minimum atomic E-state index is -0.955. The number of carbonyl (C=O) groups is 3. The molecule has 28 heavy (non-hydrogen) atoms. The van der Waals surface area contributed by atoms with Gasteiger partial charge in [-0.15, -0.1) is 0 Å². The SMILES string of the molecule is CC(=O)Nc1ccc(NC(=O)C2(C(=O)NCCCc3ccccc3)CC2)cc1. The van der Waals surface area contributed by atoms with Crippen LogP contribution in [0.1, 0.15) is 31.7 Å². The second kappa shape index (κ2) is 8.69. The van der Waals surface area contributed by atoms with Crippen LogP contribution in [0.2, 0.25) is 0 Å². The van der Waals surface area contributed by atoms with Gasteiger partial charge in [-0.3, -0.25) is 14.4 Å². The molecule has 1 aliphatic carbocycles. The van der Waals surface area contributed by atoms with Gasteiger partial charge in [0.15, 0.2) is 0 Å². The molecule has 146 valence electrons. The van der Waals surface area contributed by atoms with Gasteiger partial charge in [0.1, 0.15) is 5.41 Å². The smallest absolute Gasteiger partial charge is 0.240 e. The predicted molar refractivity (Wildman–Crippen MR) is 109 cm³/mol. The lowest BCUT2D eigenvalue weighted by Gasteiger charge is -2.15. The van der Waals surface area contributed by atoms with Crippen molar-refractivity contribution in [3.05, 3.63) is 60.2 Å². The molecule has 0 radical (unpaired) electrons. The highest BCUT2D eigenvalue weighted by Gasteiger charge is 2.56. The van der Waals surface area contributed by atoms with Gasteiger partial charge in [-0.25, -0.2) is 0 Å². The van der Waals surface area contributed by atoms with Gasteiger partial charge >= 0.3 is 0 Å². The Morgan fingerprint density at radius 2 is 1.46 bits per heavy atom. The third-order valence-corrected chi connectivity index (χ3v) is 4.85. The first-order chi connectivity index (χ1) is 13.5. The summed E-state index contributed by atoms with van der Waals surface area (Å²) < 4.78 is 0. The van der Waals surface area contributed by atoms with Crippen molar-refractivity contribution >= 4 is 29.1 Å². The molecule has 0 unspecified atom stereocenters. The van der Waals surface area contributed by atoms with Crippen molar-refractivity contribution in [1.82, 2.24) is 5.32 Å². The van der Waals surface area contributed by atoms with Crippen LogP contribution in [0.5, 0.6) is 0 Å². The molecule has 0 aliphatic heterocycles. The van der Waals surface area contributed by atoms with E-state index in [-0.39, 0.29) is 17.7 Å². The topological polar surface area (TPSA) is 87.3 Å². The largest absolute Gasteiger partial charge is 0.355 e. The molecule has 3 amide bonds. The minimum absolute atomic E-state index is 0.155. The van der Waals surface area contributed by atoms with E-state index in [4.69, 9.17) is 0 Å². The van der Waals surface area contributed by atoms with Gasteiger partial charge in [0.05, 0.1) is 0 Å². The fourth-order valence-electron chi connectivity index (χ4n) is 3.08. The van der Waals surface area contributed by atoms with E-state index in [9.17, 15) is 14.4 Å². The van der Waals surface area contributed by atoms with E-state index in [1.807, 2.05) is 18.2 Å². The van der Waals surface area contributed by atoms with Crippen LogP contribution in [-0.4, -0.2) is 24.3 Å². The molecule has 0 saturated heterocycles. The molecule has 6 nitrogen and oxygen atoms in total. The predicted octanol–water partition coefficient (Wildman–Crippen LogP) is 3.11. The first kappa shape index (κ1) is 19.6. The third-order valence-electron chi connectivity index (χ3n) is 4.85. The molecule has 0 spiro atoms. The lowest BCUT2D eigenvalue weighted by Crippen LogP contribution is -2.40. The van der Waals surface area contributed by atoms with Gasteiger partial charge in [0.25, 0.3) is 0 Å². The number of carbonyl (C=O) groups excluding carboxylic acids is 3. The summed E-state index contributed by atoms with van der Waals surface area (Å²) in [6, 6.07) is 16.9. The molecule has 1 saturated carbocycles. The van der Waals surface area contributed by atoms with Crippen LogP contribution in [0.25, 0.3) is 0 Å². The van der Waals surface area contributed by atoms with Crippen LogP contribution in [0.15, 0.2) is 54.6 Å². The van der Waals surface area contributed by atoms with Crippen molar-refractivity contribution in [2.45, 2.75) is 32.6 Å². The van der Waals surface area contributed by atoms with Gasteiger partial charge < -0.3 is 16.0 Å². The average molecular weight is 379 g/mol. The van der Waals surface area contributed by atoms with Gasteiger partial charge in [-0.2, -0.15) is 0 Å². The lowest BCUT2D eigenvalue weighted by atomic mass is 10.0. The molecule has 3 N–H and O–H groups in total. The third kappa shape index (κ3) is 4.97. The second-order valence-electron chi connectivity index (χ2n) is 7.14. The molecule has 1 fully saturated rings. The van der Waals surface area contributed by atoms with Crippen molar-refractivity contribution in [3.8, 4) is 0 Å². The summed E-state index contributed by atoms with van der Waals surface area (Å²) in [7, 11) is 0. The quantitative estimate of drug-likeness (QED) is 0.486. The van der Waals surface area contributed by atoms with Crippen LogP contribution in [-0.2, 0) is 20.8 Å². The normalized spacial score (nSPS) is 14.0. The molecule has 2 aromatic rings. The van der Waals surface area contributed by atoms with E-state index in [0.29, 0.717) is 30.8 Å². The number of amides is 3. The Kier molecular flexibility index (Phi) is 6.09. The molecule has 6 heteroatoms. The number of anilines is 2. The van der Waals surface area contributed by atoms with Crippen molar-refractivity contribution in [2.24, 2.45) is 5.41 Å². The molecule has 0 aromatic heterocycles. The number of rotatable bonds is 8. The summed E-state index contributed by atoms with van der Waals surface area (Å²) in [6.45, 7) is 1.99. The maximum Gasteiger partial charge on any atom is 0.240 e. The van der Waals surface area contributed by atoms with E-state index in [0.717, 1.165) is 12.8 Å². The van der Waals surface area contributed by atoms with Gasteiger partial charge in [0, 0.05) is 24.8 Å². The number of hydrogen-bond acceptors (Lipinski definition) is 3. The highest BCUT2D eigenvalue weighted by Crippen LogP contribution is 2.46. The molecular formula is C22H25N3O3. The summed E-state index contributed by atoms with van der Waals surface area (Å²) >= 11 is 0. The maximum absolute atomic E-state index is 12.6. The zero-order valence-electron chi connectivity index (χ0n) is 16.0. The Balaban J connectivity index is 1.47. The Hall–Kier alpha value is -3.15. The van der Waals surface area contributed by atoms with Crippen LogP contribution in [0, 0.1) is 5.41 Å². The van der Waals surface area contributed by atoms with Crippen molar-refractivity contribution in [1.29, 1.82) is 0 Å². The Labute approximate surface area is 164 Å². The molecule has 0 bridgehead atoms. The standard InChI is InChI=1S/C22H25N3O3/c1-16(26)24-18-9-11-19(12-10-18)25-21(28)22(13-14-22)20(27)23-15-5-8-17-6-3-2-4-7-17/h2-4,6-7,9-12H,5,8,13-15H2,1H3,(H,23,27)(H,24,26)(H,25,28). The van der Waals surface area contributed by atoms with Crippen molar-refractivity contribution in [2.75, 3.05) is 17.2 Å². The Morgan fingerprint density at radius 3 is 2.04 bits per heavy atom. The first-order valence-electron chi connectivity index (χ1n) is 9.51. The lowest BCUT2D eigenvalue weighted by molar-refractivity contribution is -0.134. The second-order valence-corrected chi connectivity index (χ2v) is 7.14. The fraction of sp³-hybridized carbons (Fsp3) is 0.318. The number of hydrogen-bond donors (Lipinski definition) is 3. The highest BCUT2D eigenvalue weighted by atomic mass is 16.2. The van der Waals surface area contributed by atoms with Crippen molar-refractivity contribution < 1.29 is 14.4 Å². The summed E-state index contributed by atoms with van der Waals surface area (Å²) in [6.07, 6.45) is 2.85. The van der Waals surface area contributed by atoms with Gasteiger partial charge in [-0.1, -0.05) is 30.3 Å². The van der Waals surface area contributed by atoms with Gasteiger partial charge in [0.2, 0.25) is 17.7 Å². The van der Waals surface area contributed by atoms with E-state index >= 15 is 0 Å². The van der Waals surface area contributed by atoms with Crippen molar-refractivity contribution in [3.63, 3.8) is 0 Å². The molecule has 0 atom stereocenters.